The fraction of sp³-hybridized carbons (Fsp3) is 0.389. The van der Waals surface area contributed by atoms with Crippen molar-refractivity contribution >= 4 is 47.3 Å². The number of sulfonamides is 1. The number of ether oxygens (including phenoxy) is 1. The number of aromatic nitrogens is 3. The van der Waals surface area contributed by atoms with Crippen LogP contribution in [-0.2, 0) is 35.9 Å². The molecule has 3 N–H and O–H groups in total. The first-order valence-electron chi connectivity index (χ1n) is 9.37. The number of nitrogens with one attached hydrogen (secondary N) is 1. The first kappa shape index (κ1) is 24.3. The Morgan fingerprint density at radius 1 is 1.28 bits per heavy atom. The molecule has 2 heterocycles. The summed E-state index contributed by atoms with van der Waals surface area (Å²) in [6.07, 6.45) is 4.53. The standard InChI is InChI=1S/C18H23N5O6S3/c1-29-7-6-23-11-13(10-21-23)12-3-4-14-15(9-12)30-18(22-14)16(31(2,25)26)17(24)20-5-8-32(19,27)28/h3-4,9-11,16H,5-8H2,1-2H3,(H,20,24)(H2,19,27,28). The summed E-state index contributed by atoms with van der Waals surface area (Å²) in [6, 6.07) is 5.44. The van der Waals surface area contributed by atoms with Crippen LogP contribution in [0.1, 0.15) is 10.3 Å². The van der Waals surface area contributed by atoms with Crippen molar-refractivity contribution in [1.82, 2.24) is 20.1 Å². The predicted molar refractivity (Wildman–Crippen MR) is 121 cm³/mol. The lowest BCUT2D eigenvalue weighted by atomic mass is 10.1. The van der Waals surface area contributed by atoms with Gasteiger partial charge in [-0.3, -0.25) is 9.48 Å². The van der Waals surface area contributed by atoms with Crippen LogP contribution in [0.2, 0.25) is 0 Å². The van der Waals surface area contributed by atoms with Gasteiger partial charge in [-0.2, -0.15) is 5.10 Å². The third-order valence-corrected chi connectivity index (χ3v) is 7.77. The van der Waals surface area contributed by atoms with Crippen LogP contribution in [0.25, 0.3) is 21.3 Å². The third-order valence-electron chi connectivity index (χ3n) is 4.47. The highest BCUT2D eigenvalue weighted by molar-refractivity contribution is 7.91. The number of amides is 1. The van der Waals surface area contributed by atoms with Crippen molar-refractivity contribution in [2.45, 2.75) is 11.8 Å². The second-order valence-electron chi connectivity index (χ2n) is 7.09. The summed E-state index contributed by atoms with van der Waals surface area (Å²) in [5.41, 5.74) is 2.29. The number of thiazole rings is 1. The van der Waals surface area contributed by atoms with Crippen LogP contribution < -0.4 is 10.5 Å². The number of methoxy groups -OCH3 is 1. The molecule has 11 nitrogen and oxygen atoms in total. The van der Waals surface area contributed by atoms with Crippen LogP contribution in [0.3, 0.4) is 0 Å². The fourth-order valence-electron chi connectivity index (χ4n) is 2.95. The highest BCUT2D eigenvalue weighted by Crippen LogP contribution is 2.33. The molecule has 0 radical (unpaired) electrons. The molecule has 0 fully saturated rings. The summed E-state index contributed by atoms with van der Waals surface area (Å²) in [5, 5.41) is 10.1. The number of hydrogen-bond acceptors (Lipinski definition) is 9. The van der Waals surface area contributed by atoms with Gasteiger partial charge in [-0.1, -0.05) is 6.07 Å². The Labute approximate surface area is 189 Å². The molecule has 0 saturated heterocycles. The number of sulfone groups is 1. The lowest BCUT2D eigenvalue weighted by molar-refractivity contribution is -0.120. The zero-order chi connectivity index (χ0) is 23.5. The summed E-state index contributed by atoms with van der Waals surface area (Å²) < 4.78 is 54.3. The van der Waals surface area contributed by atoms with E-state index in [0.29, 0.717) is 23.4 Å². The fourth-order valence-corrected chi connectivity index (χ4v) is 5.89. The molecule has 1 atom stereocenters. The van der Waals surface area contributed by atoms with Crippen LogP contribution >= 0.6 is 11.3 Å². The minimum Gasteiger partial charge on any atom is -0.383 e. The number of benzene rings is 1. The Morgan fingerprint density at radius 2 is 2.03 bits per heavy atom. The van der Waals surface area contributed by atoms with Crippen LogP contribution in [-0.4, -0.2) is 69.8 Å². The van der Waals surface area contributed by atoms with Crippen molar-refractivity contribution in [1.29, 1.82) is 0 Å². The Balaban J connectivity index is 1.87. The molecule has 1 aromatic carbocycles. The average molecular weight is 502 g/mol. The van der Waals surface area contributed by atoms with E-state index in [1.807, 2.05) is 18.3 Å². The number of nitrogens with zero attached hydrogens (tertiary/aromatic N) is 3. The first-order valence-corrected chi connectivity index (χ1v) is 13.9. The largest absolute Gasteiger partial charge is 0.383 e. The maximum Gasteiger partial charge on any atom is 0.245 e. The number of hydrogen-bond donors (Lipinski definition) is 2. The van der Waals surface area contributed by atoms with Gasteiger partial charge in [0.15, 0.2) is 15.1 Å². The average Bonchev–Trinajstić information content (AvgIpc) is 3.30. The summed E-state index contributed by atoms with van der Waals surface area (Å²) in [7, 11) is -6.05. The highest BCUT2D eigenvalue weighted by atomic mass is 32.2. The molecule has 0 aliphatic heterocycles. The second kappa shape index (κ2) is 9.62. The molecular formula is C18H23N5O6S3. The van der Waals surface area contributed by atoms with Crippen LogP contribution in [0.5, 0.6) is 0 Å². The first-order chi connectivity index (χ1) is 15.0. The topological polar surface area (TPSA) is 163 Å². The number of carbonyl (C=O) groups excluding carboxylic acids is 1. The Bertz CT molecular complexity index is 1330. The van der Waals surface area contributed by atoms with Gasteiger partial charge < -0.3 is 10.1 Å². The van der Waals surface area contributed by atoms with Crippen molar-refractivity contribution < 1.29 is 26.4 Å². The van der Waals surface area contributed by atoms with E-state index >= 15 is 0 Å². The van der Waals surface area contributed by atoms with Crippen molar-refractivity contribution in [3.8, 4) is 11.1 Å². The van der Waals surface area contributed by atoms with E-state index in [0.717, 1.165) is 28.7 Å². The van der Waals surface area contributed by atoms with E-state index in [4.69, 9.17) is 9.88 Å². The minimum atomic E-state index is -3.87. The molecular weight excluding hydrogens is 478 g/mol. The maximum atomic E-state index is 12.6. The Morgan fingerprint density at radius 3 is 2.69 bits per heavy atom. The van der Waals surface area contributed by atoms with Gasteiger partial charge in [0.2, 0.25) is 15.9 Å². The lowest BCUT2D eigenvalue weighted by Gasteiger charge is -2.12. The predicted octanol–water partition coefficient (Wildman–Crippen LogP) is 0.297. The number of carbonyl (C=O) groups is 1. The summed E-state index contributed by atoms with van der Waals surface area (Å²) in [4.78, 5) is 16.9. The molecule has 14 heteroatoms. The molecule has 1 unspecified atom stereocenters. The molecule has 32 heavy (non-hydrogen) atoms. The van der Waals surface area contributed by atoms with E-state index in [-0.39, 0.29) is 11.6 Å². The zero-order valence-electron chi connectivity index (χ0n) is 17.4. The van der Waals surface area contributed by atoms with E-state index in [1.165, 1.54) is 0 Å². The van der Waals surface area contributed by atoms with Gasteiger partial charge in [-0.15, -0.1) is 11.3 Å². The molecule has 0 aliphatic carbocycles. The number of nitrogens with two attached hydrogens (primary N) is 1. The highest BCUT2D eigenvalue weighted by Gasteiger charge is 2.34. The number of rotatable bonds is 10. The minimum absolute atomic E-state index is 0.101. The lowest BCUT2D eigenvalue weighted by Crippen LogP contribution is -2.37. The molecule has 0 aliphatic rings. The van der Waals surface area contributed by atoms with Crippen molar-refractivity contribution in [2.75, 3.05) is 32.3 Å². The zero-order valence-corrected chi connectivity index (χ0v) is 19.8. The van der Waals surface area contributed by atoms with E-state index in [2.05, 4.69) is 15.4 Å². The monoisotopic (exact) mass is 501 g/mol. The third kappa shape index (κ3) is 6.10. The van der Waals surface area contributed by atoms with Crippen LogP contribution in [0, 0.1) is 0 Å². The van der Waals surface area contributed by atoms with Gasteiger partial charge in [0.25, 0.3) is 0 Å². The van der Waals surface area contributed by atoms with Gasteiger partial charge >= 0.3 is 0 Å². The summed E-state index contributed by atoms with van der Waals surface area (Å²) >= 11 is 1.09. The van der Waals surface area contributed by atoms with Gasteiger partial charge in [-0.25, -0.2) is 27.0 Å². The summed E-state index contributed by atoms with van der Waals surface area (Å²) in [5.74, 6) is -1.36. The molecule has 0 bridgehead atoms. The molecule has 1 amide bonds. The van der Waals surface area contributed by atoms with Gasteiger partial charge in [0.05, 0.1) is 35.3 Å². The molecule has 2 aromatic heterocycles. The Hall–Kier alpha value is -2.39. The number of primary sulfonamides is 1. The van der Waals surface area contributed by atoms with Crippen molar-refractivity contribution in [3.63, 3.8) is 0 Å². The number of fused-ring (bicyclic) bond motifs is 1. The van der Waals surface area contributed by atoms with Gasteiger partial charge in [0.1, 0.15) is 5.01 Å². The van der Waals surface area contributed by atoms with Crippen LogP contribution in [0.4, 0.5) is 0 Å². The van der Waals surface area contributed by atoms with E-state index in [1.54, 1.807) is 24.1 Å². The van der Waals surface area contributed by atoms with Gasteiger partial charge in [0, 0.05) is 31.7 Å². The molecule has 0 spiro atoms. The molecule has 0 saturated carbocycles. The second-order valence-corrected chi connectivity index (χ2v) is 12.0. The molecule has 3 aromatic rings. The quantitative estimate of drug-likeness (QED) is 0.400. The smallest absolute Gasteiger partial charge is 0.245 e. The van der Waals surface area contributed by atoms with Crippen molar-refractivity contribution in [2.24, 2.45) is 5.14 Å². The summed E-state index contributed by atoms with van der Waals surface area (Å²) in [6.45, 7) is 0.844. The normalized spacial score (nSPS) is 13.3. The van der Waals surface area contributed by atoms with E-state index in [9.17, 15) is 21.6 Å². The Kier molecular flexibility index (Phi) is 7.29. The SMILES string of the molecule is COCCn1cc(-c2ccc3nc(C(C(=O)NCCS(N)(=O)=O)S(C)(=O)=O)sc3c2)cn1. The van der Waals surface area contributed by atoms with E-state index < -0.39 is 36.8 Å². The van der Waals surface area contributed by atoms with Crippen molar-refractivity contribution in [3.05, 3.63) is 35.6 Å². The molecule has 174 valence electrons. The van der Waals surface area contributed by atoms with Crippen LogP contribution in [0.15, 0.2) is 30.6 Å². The van der Waals surface area contributed by atoms with Gasteiger partial charge in [-0.05, 0) is 17.7 Å². The maximum absolute atomic E-state index is 12.6. The molecule has 3 rings (SSSR count).